The van der Waals surface area contributed by atoms with Gasteiger partial charge >= 0.3 is 0 Å². The van der Waals surface area contributed by atoms with Crippen LogP contribution in [-0.2, 0) is 9.59 Å². The summed E-state index contributed by atoms with van der Waals surface area (Å²) < 4.78 is 0. The van der Waals surface area contributed by atoms with Crippen LogP contribution in [0.15, 0.2) is 24.3 Å². The number of aldehydes is 2. The highest BCUT2D eigenvalue weighted by Gasteiger charge is 2.22. The summed E-state index contributed by atoms with van der Waals surface area (Å²) in [6.45, 7) is 0. The fourth-order valence-corrected chi connectivity index (χ4v) is 1.89. The van der Waals surface area contributed by atoms with E-state index >= 15 is 0 Å². The standard InChI is InChI=1S/C15H18N2O4/c1-16-14(20)8-7-12(10-19)17(2)15(21)13-6-4-3-5-11(13)9-18/h3-6,9-10,12H,7-8H2,1-2H3,(H,16,20). The summed E-state index contributed by atoms with van der Waals surface area (Å²) in [5.74, 6) is -0.623. The molecule has 0 aliphatic rings. The van der Waals surface area contributed by atoms with E-state index in [1.807, 2.05) is 0 Å². The molecule has 1 N–H and O–H groups in total. The Morgan fingerprint density at radius 3 is 2.52 bits per heavy atom. The highest BCUT2D eigenvalue weighted by atomic mass is 16.2. The van der Waals surface area contributed by atoms with Gasteiger partial charge in [-0.2, -0.15) is 0 Å². The second kappa shape index (κ2) is 7.94. The molecule has 0 saturated carbocycles. The van der Waals surface area contributed by atoms with Crippen LogP contribution in [0.5, 0.6) is 0 Å². The minimum Gasteiger partial charge on any atom is -0.359 e. The molecule has 112 valence electrons. The Labute approximate surface area is 123 Å². The van der Waals surface area contributed by atoms with Crippen molar-refractivity contribution < 1.29 is 19.2 Å². The molecule has 0 aliphatic carbocycles. The van der Waals surface area contributed by atoms with E-state index in [1.165, 1.54) is 31.1 Å². The molecule has 6 nitrogen and oxygen atoms in total. The van der Waals surface area contributed by atoms with Gasteiger partial charge in [0.15, 0.2) is 6.29 Å². The second-order valence-electron chi connectivity index (χ2n) is 4.54. The van der Waals surface area contributed by atoms with Crippen LogP contribution in [-0.4, -0.2) is 49.4 Å². The molecule has 0 aliphatic heterocycles. The second-order valence-corrected chi connectivity index (χ2v) is 4.54. The van der Waals surface area contributed by atoms with Crippen molar-refractivity contribution in [2.45, 2.75) is 18.9 Å². The van der Waals surface area contributed by atoms with Crippen LogP contribution in [0.4, 0.5) is 0 Å². The molecule has 21 heavy (non-hydrogen) atoms. The summed E-state index contributed by atoms with van der Waals surface area (Å²) in [5.41, 5.74) is 0.507. The first kappa shape index (κ1) is 16.6. The van der Waals surface area contributed by atoms with E-state index < -0.39 is 11.9 Å². The van der Waals surface area contributed by atoms with E-state index in [4.69, 9.17) is 0 Å². The number of likely N-dealkylation sites (N-methyl/N-ethyl adjacent to an activating group) is 1. The van der Waals surface area contributed by atoms with Gasteiger partial charge in [0.25, 0.3) is 5.91 Å². The molecule has 0 spiro atoms. The van der Waals surface area contributed by atoms with Crippen LogP contribution in [0.1, 0.15) is 33.6 Å². The summed E-state index contributed by atoms with van der Waals surface area (Å²) in [6, 6.07) is 5.66. The number of nitrogens with zero attached hydrogens (tertiary/aromatic N) is 1. The van der Waals surface area contributed by atoms with Gasteiger partial charge in [-0.1, -0.05) is 18.2 Å². The summed E-state index contributed by atoms with van der Waals surface area (Å²) >= 11 is 0. The van der Waals surface area contributed by atoms with Gasteiger partial charge in [0, 0.05) is 26.1 Å². The molecular formula is C15H18N2O4. The molecular weight excluding hydrogens is 272 g/mol. The predicted octanol–water partition coefficient (Wildman–Crippen LogP) is 0.665. The fourth-order valence-electron chi connectivity index (χ4n) is 1.89. The lowest BCUT2D eigenvalue weighted by molar-refractivity contribution is -0.121. The SMILES string of the molecule is CNC(=O)CCC(C=O)N(C)C(=O)c1ccccc1C=O. The third-order valence-corrected chi connectivity index (χ3v) is 3.24. The molecule has 0 fully saturated rings. The molecule has 6 heteroatoms. The predicted molar refractivity (Wildman–Crippen MR) is 77.1 cm³/mol. The lowest BCUT2D eigenvalue weighted by atomic mass is 10.1. The number of nitrogens with one attached hydrogen (secondary N) is 1. The molecule has 1 atom stereocenters. The van der Waals surface area contributed by atoms with Crippen molar-refractivity contribution in [1.29, 1.82) is 0 Å². The zero-order chi connectivity index (χ0) is 15.8. The quantitative estimate of drug-likeness (QED) is 0.748. The average molecular weight is 290 g/mol. The minimum atomic E-state index is -0.713. The van der Waals surface area contributed by atoms with E-state index in [-0.39, 0.29) is 29.9 Å². The van der Waals surface area contributed by atoms with E-state index in [1.54, 1.807) is 12.1 Å². The van der Waals surface area contributed by atoms with Crippen molar-refractivity contribution >= 4 is 24.4 Å². The van der Waals surface area contributed by atoms with Crippen molar-refractivity contribution in [3.8, 4) is 0 Å². The summed E-state index contributed by atoms with van der Waals surface area (Å²) in [5, 5.41) is 2.46. The molecule has 1 unspecified atom stereocenters. The molecule has 0 heterocycles. The third-order valence-electron chi connectivity index (χ3n) is 3.24. The number of carbonyl (C=O) groups excluding carboxylic acids is 4. The number of benzene rings is 1. The molecule has 0 bridgehead atoms. The van der Waals surface area contributed by atoms with Gasteiger partial charge in [-0.15, -0.1) is 0 Å². The van der Waals surface area contributed by atoms with Crippen LogP contribution in [0.2, 0.25) is 0 Å². The molecule has 0 radical (unpaired) electrons. The van der Waals surface area contributed by atoms with Crippen LogP contribution >= 0.6 is 0 Å². The Morgan fingerprint density at radius 1 is 1.29 bits per heavy atom. The first-order valence-electron chi connectivity index (χ1n) is 6.52. The van der Waals surface area contributed by atoms with E-state index in [9.17, 15) is 19.2 Å². The first-order valence-corrected chi connectivity index (χ1v) is 6.52. The number of hydrogen-bond acceptors (Lipinski definition) is 4. The Balaban J connectivity index is 2.86. The molecule has 1 aromatic rings. The van der Waals surface area contributed by atoms with E-state index in [2.05, 4.69) is 5.32 Å². The normalized spacial score (nSPS) is 11.3. The van der Waals surface area contributed by atoms with E-state index in [0.717, 1.165) is 0 Å². The topological polar surface area (TPSA) is 83.6 Å². The van der Waals surface area contributed by atoms with Gasteiger partial charge in [-0.3, -0.25) is 14.4 Å². The van der Waals surface area contributed by atoms with Crippen molar-refractivity contribution in [2.24, 2.45) is 0 Å². The number of hydrogen-bond donors (Lipinski definition) is 1. The van der Waals surface area contributed by atoms with Gasteiger partial charge in [0.2, 0.25) is 5.91 Å². The first-order chi connectivity index (χ1) is 10.0. The van der Waals surface area contributed by atoms with E-state index in [0.29, 0.717) is 12.6 Å². The maximum Gasteiger partial charge on any atom is 0.254 e. The number of rotatable bonds is 7. The smallest absolute Gasteiger partial charge is 0.254 e. The zero-order valence-corrected chi connectivity index (χ0v) is 12.0. The lowest BCUT2D eigenvalue weighted by Gasteiger charge is -2.24. The fraction of sp³-hybridized carbons (Fsp3) is 0.333. The Bertz CT molecular complexity index is 542. The highest BCUT2D eigenvalue weighted by Crippen LogP contribution is 2.12. The molecule has 1 aromatic carbocycles. The van der Waals surface area contributed by atoms with Crippen molar-refractivity contribution in [1.82, 2.24) is 10.2 Å². The van der Waals surface area contributed by atoms with Gasteiger partial charge in [-0.25, -0.2) is 0 Å². The summed E-state index contributed by atoms with van der Waals surface area (Å²) in [4.78, 5) is 46.9. The largest absolute Gasteiger partial charge is 0.359 e. The van der Waals surface area contributed by atoms with Crippen molar-refractivity contribution in [3.05, 3.63) is 35.4 Å². The van der Waals surface area contributed by atoms with Crippen molar-refractivity contribution in [2.75, 3.05) is 14.1 Å². The van der Waals surface area contributed by atoms with Gasteiger partial charge in [-0.05, 0) is 12.5 Å². The molecule has 1 rings (SSSR count). The number of carbonyl (C=O) groups is 4. The maximum atomic E-state index is 12.3. The Hall–Kier alpha value is -2.50. The van der Waals surface area contributed by atoms with Crippen LogP contribution in [0.3, 0.4) is 0 Å². The summed E-state index contributed by atoms with van der Waals surface area (Å²) in [6.07, 6.45) is 1.60. The zero-order valence-electron chi connectivity index (χ0n) is 12.0. The third kappa shape index (κ3) is 4.24. The average Bonchev–Trinajstić information content (AvgIpc) is 2.53. The molecule has 0 saturated heterocycles. The monoisotopic (exact) mass is 290 g/mol. The molecule has 0 aromatic heterocycles. The van der Waals surface area contributed by atoms with Crippen LogP contribution in [0, 0.1) is 0 Å². The Morgan fingerprint density at radius 2 is 1.95 bits per heavy atom. The van der Waals surface area contributed by atoms with Gasteiger partial charge in [0.1, 0.15) is 6.29 Å². The van der Waals surface area contributed by atoms with Gasteiger partial charge in [0.05, 0.1) is 11.6 Å². The Kier molecular flexibility index (Phi) is 6.26. The van der Waals surface area contributed by atoms with Crippen LogP contribution in [0.25, 0.3) is 0 Å². The number of amides is 2. The lowest BCUT2D eigenvalue weighted by Crippen LogP contribution is -2.39. The van der Waals surface area contributed by atoms with Gasteiger partial charge < -0.3 is 15.0 Å². The minimum absolute atomic E-state index is 0.146. The maximum absolute atomic E-state index is 12.3. The summed E-state index contributed by atoms with van der Waals surface area (Å²) in [7, 11) is 2.99. The highest BCUT2D eigenvalue weighted by molar-refractivity contribution is 6.02. The van der Waals surface area contributed by atoms with Crippen LogP contribution < -0.4 is 5.32 Å². The molecule has 2 amide bonds. The van der Waals surface area contributed by atoms with Crippen molar-refractivity contribution in [3.63, 3.8) is 0 Å².